The molecule has 0 bridgehead atoms. The van der Waals surface area contributed by atoms with E-state index in [1.807, 2.05) is 18.2 Å². The Morgan fingerprint density at radius 2 is 2.12 bits per heavy atom. The summed E-state index contributed by atoms with van der Waals surface area (Å²) in [5.74, 6) is -0.354. The topological polar surface area (TPSA) is 52.6 Å². The van der Waals surface area contributed by atoms with Gasteiger partial charge in [-0.05, 0) is 48.6 Å². The third kappa shape index (κ3) is 3.26. The summed E-state index contributed by atoms with van der Waals surface area (Å²) in [7, 11) is 0. The Morgan fingerprint density at radius 1 is 1.33 bits per heavy atom. The van der Waals surface area contributed by atoms with E-state index in [0.29, 0.717) is 11.3 Å². The van der Waals surface area contributed by atoms with E-state index in [1.165, 1.54) is 11.6 Å². The van der Waals surface area contributed by atoms with Crippen molar-refractivity contribution in [3.05, 3.63) is 65.0 Å². The monoisotopic (exact) mass is 328 g/mol. The summed E-state index contributed by atoms with van der Waals surface area (Å²) in [6.07, 6.45) is 1.74. The second kappa shape index (κ2) is 7.01. The lowest BCUT2D eigenvalue weighted by Gasteiger charge is -2.29. The molecular weight excluding hydrogens is 307 g/mol. The summed E-state index contributed by atoms with van der Waals surface area (Å²) in [5, 5.41) is 12.1. The first-order valence-corrected chi connectivity index (χ1v) is 8.12. The number of aliphatic hydroxyl groups excluding tert-OH is 1. The second-order valence-corrected chi connectivity index (χ2v) is 6.06. The first-order chi connectivity index (χ1) is 11.6. The fraction of sp³-hybridized carbons (Fsp3) is 0.316. The van der Waals surface area contributed by atoms with Gasteiger partial charge in [0.1, 0.15) is 5.82 Å². The van der Waals surface area contributed by atoms with Crippen LogP contribution < -0.4 is 5.32 Å². The number of hydrogen-bond acceptors (Lipinski definition) is 2. The van der Waals surface area contributed by atoms with Gasteiger partial charge in [0.2, 0.25) is 0 Å². The van der Waals surface area contributed by atoms with Gasteiger partial charge in [-0.15, -0.1) is 0 Å². The molecule has 1 unspecified atom stereocenters. The van der Waals surface area contributed by atoms with Crippen molar-refractivity contribution in [1.29, 1.82) is 0 Å². The van der Waals surface area contributed by atoms with Gasteiger partial charge in [0, 0.05) is 12.2 Å². The predicted octanol–water partition coefficient (Wildman–Crippen LogP) is 3.65. The Balaban J connectivity index is 1.80. The minimum Gasteiger partial charge on any atom is -0.395 e. The van der Waals surface area contributed by atoms with E-state index in [0.717, 1.165) is 18.4 Å². The Morgan fingerprint density at radius 3 is 2.88 bits per heavy atom. The molecule has 1 atom stereocenters. The van der Waals surface area contributed by atoms with Crippen LogP contribution in [0.25, 0.3) is 0 Å². The molecule has 2 amide bonds. The number of fused-ring (bicyclic) bond motifs is 1. The number of carbonyl (C=O) groups is 1. The van der Waals surface area contributed by atoms with E-state index in [1.54, 1.807) is 24.0 Å². The summed E-state index contributed by atoms with van der Waals surface area (Å²) in [5.41, 5.74) is 3.30. The van der Waals surface area contributed by atoms with Crippen LogP contribution in [0.4, 0.5) is 14.9 Å². The van der Waals surface area contributed by atoms with E-state index < -0.39 is 0 Å². The molecule has 1 aliphatic rings. The average Bonchev–Trinajstić information content (AvgIpc) is 3.00. The quantitative estimate of drug-likeness (QED) is 0.900. The molecule has 0 spiro atoms. The smallest absolute Gasteiger partial charge is 0.322 e. The lowest BCUT2D eigenvalue weighted by atomic mass is 10.1. The summed E-state index contributed by atoms with van der Waals surface area (Å²) in [6, 6.07) is 12.3. The van der Waals surface area contributed by atoms with Gasteiger partial charge < -0.3 is 15.3 Å². The zero-order chi connectivity index (χ0) is 17.1. The van der Waals surface area contributed by atoms with Crippen molar-refractivity contribution < 1.29 is 14.3 Å². The molecule has 126 valence electrons. The lowest BCUT2D eigenvalue weighted by molar-refractivity contribution is 0.162. The molecular formula is C19H21FN2O2. The largest absolute Gasteiger partial charge is 0.395 e. The minimum atomic E-state index is -0.354. The minimum absolute atomic E-state index is 0.0661. The molecule has 0 aromatic heterocycles. The van der Waals surface area contributed by atoms with Crippen molar-refractivity contribution in [3.8, 4) is 0 Å². The summed E-state index contributed by atoms with van der Waals surface area (Å²) < 4.78 is 13.7. The lowest BCUT2D eigenvalue weighted by Crippen LogP contribution is -2.39. The van der Waals surface area contributed by atoms with Gasteiger partial charge in [-0.1, -0.05) is 30.3 Å². The van der Waals surface area contributed by atoms with E-state index in [2.05, 4.69) is 11.4 Å². The maximum Gasteiger partial charge on any atom is 0.322 e. The maximum atomic E-state index is 13.7. The fourth-order valence-corrected chi connectivity index (χ4v) is 3.23. The van der Waals surface area contributed by atoms with Gasteiger partial charge in [0.05, 0.1) is 12.6 Å². The fourth-order valence-electron chi connectivity index (χ4n) is 3.23. The SMILES string of the molecule is Cc1ccc(NC(=O)N(CCO)C2CCc3ccccc32)cc1F. The molecule has 0 fully saturated rings. The van der Waals surface area contributed by atoms with Crippen LogP contribution in [0.5, 0.6) is 0 Å². The molecule has 2 aromatic rings. The van der Waals surface area contributed by atoms with Crippen LogP contribution in [0.1, 0.15) is 29.2 Å². The number of rotatable bonds is 4. The van der Waals surface area contributed by atoms with Crippen molar-refractivity contribution in [2.45, 2.75) is 25.8 Å². The van der Waals surface area contributed by atoms with Crippen molar-refractivity contribution in [2.75, 3.05) is 18.5 Å². The van der Waals surface area contributed by atoms with E-state index in [9.17, 15) is 14.3 Å². The summed E-state index contributed by atoms with van der Waals surface area (Å²) in [6.45, 7) is 1.79. The van der Waals surface area contributed by atoms with Gasteiger partial charge in [-0.25, -0.2) is 9.18 Å². The Bertz CT molecular complexity index is 748. The van der Waals surface area contributed by atoms with Gasteiger partial charge in [0.25, 0.3) is 0 Å². The summed E-state index contributed by atoms with van der Waals surface area (Å²) >= 11 is 0. The molecule has 4 nitrogen and oxygen atoms in total. The zero-order valence-corrected chi connectivity index (χ0v) is 13.6. The van der Waals surface area contributed by atoms with Crippen molar-refractivity contribution >= 4 is 11.7 Å². The van der Waals surface area contributed by atoms with Crippen LogP contribution in [-0.4, -0.2) is 29.2 Å². The predicted molar refractivity (Wildman–Crippen MR) is 91.5 cm³/mol. The maximum absolute atomic E-state index is 13.7. The summed E-state index contributed by atoms with van der Waals surface area (Å²) in [4.78, 5) is 14.3. The van der Waals surface area contributed by atoms with E-state index in [-0.39, 0.29) is 31.0 Å². The number of carbonyl (C=O) groups excluding carboxylic acids is 1. The molecule has 24 heavy (non-hydrogen) atoms. The molecule has 1 aliphatic carbocycles. The number of benzene rings is 2. The number of nitrogens with one attached hydrogen (secondary N) is 1. The second-order valence-electron chi connectivity index (χ2n) is 6.06. The number of halogens is 1. The standard InChI is InChI=1S/C19H21FN2O2/c1-13-6-8-15(12-17(13)20)21-19(24)22(10-11-23)18-9-7-14-4-2-3-5-16(14)18/h2-6,8,12,18,23H,7,9-11H2,1H3,(H,21,24). The van der Waals surface area contributed by atoms with Gasteiger partial charge >= 0.3 is 6.03 Å². The molecule has 0 saturated heterocycles. The van der Waals surface area contributed by atoms with Crippen molar-refractivity contribution in [1.82, 2.24) is 4.90 Å². The molecule has 2 N–H and O–H groups in total. The highest BCUT2D eigenvalue weighted by Crippen LogP contribution is 2.35. The zero-order valence-electron chi connectivity index (χ0n) is 13.6. The highest BCUT2D eigenvalue weighted by molar-refractivity contribution is 5.89. The normalized spacial score (nSPS) is 15.9. The number of amides is 2. The molecule has 5 heteroatoms. The number of anilines is 1. The molecule has 0 saturated carbocycles. The van der Waals surface area contributed by atoms with Crippen LogP contribution >= 0.6 is 0 Å². The van der Waals surface area contributed by atoms with Crippen LogP contribution in [0, 0.1) is 12.7 Å². The van der Waals surface area contributed by atoms with E-state index in [4.69, 9.17) is 0 Å². The molecule has 3 rings (SSSR count). The van der Waals surface area contributed by atoms with Crippen LogP contribution in [0.2, 0.25) is 0 Å². The number of aryl methyl sites for hydroxylation is 2. The Labute approximate surface area is 140 Å². The molecule has 2 aromatic carbocycles. The third-order valence-corrected chi connectivity index (χ3v) is 4.50. The highest BCUT2D eigenvalue weighted by Gasteiger charge is 2.30. The van der Waals surface area contributed by atoms with Crippen LogP contribution in [0.3, 0.4) is 0 Å². The van der Waals surface area contributed by atoms with Crippen molar-refractivity contribution in [2.24, 2.45) is 0 Å². The van der Waals surface area contributed by atoms with Crippen molar-refractivity contribution in [3.63, 3.8) is 0 Å². The van der Waals surface area contributed by atoms with Crippen LogP contribution in [-0.2, 0) is 6.42 Å². The Hall–Kier alpha value is -2.40. The number of aliphatic hydroxyl groups is 1. The number of urea groups is 1. The molecule has 0 heterocycles. The first-order valence-electron chi connectivity index (χ1n) is 8.12. The molecule has 0 aliphatic heterocycles. The van der Waals surface area contributed by atoms with Crippen LogP contribution in [0.15, 0.2) is 42.5 Å². The highest BCUT2D eigenvalue weighted by atomic mass is 19.1. The number of hydrogen-bond donors (Lipinski definition) is 2. The first kappa shape index (κ1) is 16.5. The van der Waals surface area contributed by atoms with E-state index >= 15 is 0 Å². The van der Waals surface area contributed by atoms with Gasteiger partial charge in [-0.3, -0.25) is 0 Å². The average molecular weight is 328 g/mol. The molecule has 0 radical (unpaired) electrons. The third-order valence-electron chi connectivity index (χ3n) is 4.50. The number of nitrogens with zero attached hydrogens (tertiary/aromatic N) is 1. The van der Waals surface area contributed by atoms with Gasteiger partial charge in [0.15, 0.2) is 0 Å². The van der Waals surface area contributed by atoms with Gasteiger partial charge in [-0.2, -0.15) is 0 Å². The Kier molecular flexibility index (Phi) is 4.81.